The van der Waals surface area contributed by atoms with Gasteiger partial charge in [0, 0.05) is 69.3 Å². The highest BCUT2D eigenvalue weighted by Gasteiger charge is 2.20. The number of pyridine rings is 1. The molecule has 1 aromatic heterocycles. The van der Waals surface area contributed by atoms with Gasteiger partial charge in [0.25, 0.3) is 5.91 Å². The lowest BCUT2D eigenvalue weighted by molar-refractivity contribution is -0.129. The van der Waals surface area contributed by atoms with E-state index in [1.165, 1.54) is 0 Å². The molecule has 2 heterocycles. The van der Waals surface area contributed by atoms with E-state index < -0.39 is 0 Å². The number of anilines is 3. The maximum atomic E-state index is 12.7. The minimum absolute atomic E-state index is 0.0951. The van der Waals surface area contributed by atoms with Gasteiger partial charge in [0.1, 0.15) is 5.82 Å². The average molecular weight is 396 g/mol. The largest absolute Gasteiger partial charge is 0.372 e. The number of nitrogens with one attached hydrogen (secondary N) is 1. The molecule has 154 valence electrons. The molecule has 0 unspecified atom stereocenters. The summed E-state index contributed by atoms with van der Waals surface area (Å²) < 4.78 is 0. The van der Waals surface area contributed by atoms with Crippen LogP contribution in [0.15, 0.2) is 42.6 Å². The van der Waals surface area contributed by atoms with Crippen molar-refractivity contribution in [1.82, 2.24) is 9.88 Å². The predicted molar refractivity (Wildman–Crippen MR) is 117 cm³/mol. The molecule has 7 nitrogen and oxygen atoms in total. The van der Waals surface area contributed by atoms with Crippen LogP contribution in [0, 0.1) is 0 Å². The van der Waals surface area contributed by atoms with Gasteiger partial charge in [-0.1, -0.05) is 0 Å². The van der Waals surface area contributed by atoms with Crippen LogP contribution in [0.25, 0.3) is 0 Å². The van der Waals surface area contributed by atoms with Crippen LogP contribution in [-0.2, 0) is 4.79 Å². The molecule has 3 rings (SSSR count). The first-order valence-electron chi connectivity index (χ1n) is 10.1. The monoisotopic (exact) mass is 395 g/mol. The number of aromatic nitrogens is 1. The highest BCUT2D eigenvalue weighted by molar-refractivity contribution is 6.04. The number of rotatable bonds is 6. The second kappa shape index (κ2) is 9.41. The van der Waals surface area contributed by atoms with Crippen molar-refractivity contribution >= 4 is 29.0 Å². The molecule has 1 fully saturated rings. The predicted octanol–water partition coefficient (Wildman–Crippen LogP) is 2.85. The topological polar surface area (TPSA) is 68.8 Å². The highest BCUT2D eigenvalue weighted by atomic mass is 16.2. The summed E-state index contributed by atoms with van der Waals surface area (Å²) in [6.45, 7) is 10.5. The Bertz CT molecular complexity index is 841. The molecule has 1 aromatic carbocycles. The normalized spacial score (nSPS) is 13.9. The molecule has 1 aliphatic heterocycles. The Labute approximate surface area is 172 Å². The van der Waals surface area contributed by atoms with E-state index in [4.69, 9.17) is 0 Å². The van der Waals surface area contributed by atoms with Gasteiger partial charge in [-0.15, -0.1) is 0 Å². The zero-order valence-electron chi connectivity index (χ0n) is 17.4. The van der Waals surface area contributed by atoms with Crippen LogP contribution in [0.1, 0.15) is 31.1 Å². The van der Waals surface area contributed by atoms with Gasteiger partial charge in [-0.2, -0.15) is 0 Å². The Hall–Kier alpha value is -3.09. The molecule has 0 radical (unpaired) electrons. The quantitative estimate of drug-likeness (QED) is 0.815. The van der Waals surface area contributed by atoms with Crippen LogP contribution in [0.5, 0.6) is 0 Å². The first kappa shape index (κ1) is 20.6. The molecule has 1 N–H and O–H groups in total. The molecule has 1 saturated heterocycles. The van der Waals surface area contributed by atoms with Gasteiger partial charge < -0.3 is 20.0 Å². The Balaban J connectivity index is 1.64. The summed E-state index contributed by atoms with van der Waals surface area (Å²) in [6, 6.07) is 11.4. The van der Waals surface area contributed by atoms with Crippen LogP contribution < -0.4 is 15.1 Å². The maximum Gasteiger partial charge on any atom is 0.255 e. The summed E-state index contributed by atoms with van der Waals surface area (Å²) in [6.07, 6.45) is 1.66. The summed E-state index contributed by atoms with van der Waals surface area (Å²) in [5.41, 5.74) is 2.47. The van der Waals surface area contributed by atoms with E-state index in [2.05, 4.69) is 33.9 Å². The van der Waals surface area contributed by atoms with E-state index in [1.54, 1.807) is 19.2 Å². The molecule has 29 heavy (non-hydrogen) atoms. The van der Waals surface area contributed by atoms with Gasteiger partial charge in [-0.25, -0.2) is 4.98 Å². The third-order valence-electron chi connectivity index (χ3n) is 5.31. The van der Waals surface area contributed by atoms with Crippen LogP contribution in [0.4, 0.5) is 17.2 Å². The zero-order chi connectivity index (χ0) is 20.8. The Morgan fingerprint density at radius 3 is 2.28 bits per heavy atom. The van der Waals surface area contributed by atoms with Crippen LogP contribution >= 0.6 is 0 Å². The van der Waals surface area contributed by atoms with Crippen LogP contribution in [-0.4, -0.2) is 61.0 Å². The molecule has 0 aliphatic carbocycles. The number of hydrogen-bond acceptors (Lipinski definition) is 5. The van der Waals surface area contributed by atoms with Gasteiger partial charge in [0.2, 0.25) is 5.91 Å². The van der Waals surface area contributed by atoms with E-state index in [0.717, 1.165) is 30.3 Å². The smallest absolute Gasteiger partial charge is 0.255 e. The third-order valence-corrected chi connectivity index (χ3v) is 5.31. The molecule has 0 spiro atoms. The van der Waals surface area contributed by atoms with E-state index in [0.29, 0.717) is 31.7 Å². The van der Waals surface area contributed by atoms with Crippen LogP contribution in [0.3, 0.4) is 0 Å². The zero-order valence-corrected chi connectivity index (χ0v) is 17.4. The van der Waals surface area contributed by atoms with Gasteiger partial charge in [-0.05, 0) is 50.2 Å². The first-order valence-corrected chi connectivity index (χ1v) is 10.1. The second-order valence-electron chi connectivity index (χ2n) is 7.07. The SMILES string of the molecule is CCN(CC)c1ccc(NC(=O)c2ccnc(N3CCN(C(C)=O)CC3)c2)cc1. The average Bonchev–Trinajstić information content (AvgIpc) is 2.76. The van der Waals surface area contributed by atoms with Crippen LogP contribution in [0.2, 0.25) is 0 Å². The van der Waals surface area contributed by atoms with Crippen molar-refractivity contribution in [2.75, 3.05) is 54.4 Å². The molecule has 2 aromatic rings. The van der Waals surface area contributed by atoms with Crippen molar-refractivity contribution in [2.24, 2.45) is 0 Å². The molecular weight excluding hydrogens is 366 g/mol. The van der Waals surface area contributed by atoms with Gasteiger partial charge >= 0.3 is 0 Å². The Kier molecular flexibility index (Phi) is 6.69. The lowest BCUT2D eigenvalue weighted by Gasteiger charge is -2.35. The molecule has 0 saturated carbocycles. The van der Waals surface area contributed by atoms with Crippen molar-refractivity contribution in [3.05, 3.63) is 48.2 Å². The highest BCUT2D eigenvalue weighted by Crippen LogP contribution is 2.20. The lowest BCUT2D eigenvalue weighted by atomic mass is 10.2. The molecule has 2 amide bonds. The fourth-order valence-corrected chi connectivity index (χ4v) is 3.53. The lowest BCUT2D eigenvalue weighted by Crippen LogP contribution is -2.48. The third kappa shape index (κ3) is 5.04. The van der Waals surface area contributed by atoms with E-state index in [1.807, 2.05) is 35.2 Å². The van der Waals surface area contributed by atoms with Gasteiger partial charge in [0.15, 0.2) is 0 Å². The van der Waals surface area contributed by atoms with Gasteiger partial charge in [0.05, 0.1) is 0 Å². The Morgan fingerprint density at radius 2 is 1.69 bits per heavy atom. The molecular formula is C22H29N5O2. The van der Waals surface area contributed by atoms with Crippen molar-refractivity contribution in [3.63, 3.8) is 0 Å². The van der Waals surface area contributed by atoms with Crippen molar-refractivity contribution < 1.29 is 9.59 Å². The van der Waals surface area contributed by atoms with E-state index in [9.17, 15) is 9.59 Å². The van der Waals surface area contributed by atoms with Crippen molar-refractivity contribution in [2.45, 2.75) is 20.8 Å². The summed E-state index contributed by atoms with van der Waals surface area (Å²) in [7, 11) is 0. The molecule has 0 atom stereocenters. The minimum Gasteiger partial charge on any atom is -0.372 e. The Morgan fingerprint density at radius 1 is 1.03 bits per heavy atom. The first-order chi connectivity index (χ1) is 14.0. The molecule has 7 heteroatoms. The summed E-state index contributed by atoms with van der Waals surface area (Å²) in [5.74, 6) is 0.696. The minimum atomic E-state index is -0.161. The molecule has 0 bridgehead atoms. The number of piperazine rings is 1. The number of nitrogens with zero attached hydrogens (tertiary/aromatic N) is 4. The van der Waals surface area contributed by atoms with E-state index in [-0.39, 0.29) is 11.8 Å². The second-order valence-corrected chi connectivity index (χ2v) is 7.07. The van der Waals surface area contributed by atoms with E-state index >= 15 is 0 Å². The number of amides is 2. The van der Waals surface area contributed by atoms with Crippen molar-refractivity contribution in [1.29, 1.82) is 0 Å². The molecule has 1 aliphatic rings. The fraction of sp³-hybridized carbons (Fsp3) is 0.409. The summed E-state index contributed by atoms with van der Waals surface area (Å²) >= 11 is 0. The van der Waals surface area contributed by atoms with Gasteiger partial charge in [-0.3, -0.25) is 9.59 Å². The number of hydrogen-bond donors (Lipinski definition) is 1. The summed E-state index contributed by atoms with van der Waals surface area (Å²) in [5, 5.41) is 2.96. The summed E-state index contributed by atoms with van der Waals surface area (Å²) in [4.78, 5) is 34.8. The standard InChI is InChI=1S/C22H29N5O2/c1-4-25(5-2)20-8-6-19(7-9-20)24-22(29)18-10-11-23-21(16-18)27-14-12-26(13-15-27)17(3)28/h6-11,16H,4-5,12-15H2,1-3H3,(H,24,29). The van der Waals surface area contributed by atoms with Crippen molar-refractivity contribution in [3.8, 4) is 0 Å². The fourth-order valence-electron chi connectivity index (χ4n) is 3.53. The number of carbonyl (C=O) groups excluding carboxylic acids is 2. The number of benzene rings is 1. The number of carbonyl (C=O) groups is 2. The maximum absolute atomic E-state index is 12.7.